The number of aromatic nitrogens is 1. The topological polar surface area (TPSA) is 30.2 Å². The fraction of sp³-hybridized carbons (Fsp3) is 0.333. The van der Waals surface area contributed by atoms with Gasteiger partial charge in [0, 0.05) is 21.9 Å². The monoisotopic (exact) mass is 166 g/mol. The number of hydrogen-bond acceptors (Lipinski definition) is 2. The van der Waals surface area contributed by atoms with Gasteiger partial charge in [-0.05, 0) is 13.8 Å². The zero-order valence-electron chi connectivity index (χ0n) is 7.50. The van der Waals surface area contributed by atoms with Crippen molar-refractivity contribution in [2.75, 3.05) is 7.11 Å². The molecule has 0 atom stereocenters. The minimum absolute atomic E-state index is 0.0794. The second kappa shape index (κ2) is 3.34. The lowest BCUT2D eigenvalue weighted by molar-refractivity contribution is -0.885. The molecular weight excluding hydrogens is 154 g/mol. The van der Waals surface area contributed by atoms with E-state index in [9.17, 15) is 4.79 Å². The first-order chi connectivity index (χ1) is 5.65. The third-order valence-electron chi connectivity index (χ3n) is 1.72. The van der Waals surface area contributed by atoms with Crippen LogP contribution in [0, 0.1) is 6.92 Å². The van der Waals surface area contributed by atoms with E-state index in [2.05, 4.69) is 0 Å². The van der Waals surface area contributed by atoms with Crippen molar-refractivity contribution < 1.29 is 14.4 Å². The highest BCUT2D eigenvalue weighted by atomic mass is 16.6. The molecule has 0 unspecified atom stereocenters. The first-order valence-electron chi connectivity index (χ1n) is 3.72. The number of pyridine rings is 1. The van der Waals surface area contributed by atoms with Gasteiger partial charge < -0.3 is 0 Å². The summed E-state index contributed by atoms with van der Waals surface area (Å²) < 4.78 is 1.56. The maximum Gasteiger partial charge on any atom is 0.226 e. The van der Waals surface area contributed by atoms with E-state index in [4.69, 9.17) is 4.84 Å². The quantitative estimate of drug-likeness (QED) is 0.474. The molecule has 1 aromatic rings. The van der Waals surface area contributed by atoms with Gasteiger partial charge in [0.2, 0.25) is 12.4 Å². The first kappa shape index (κ1) is 8.71. The van der Waals surface area contributed by atoms with E-state index >= 15 is 0 Å². The summed E-state index contributed by atoms with van der Waals surface area (Å²) in [4.78, 5) is 16.0. The summed E-state index contributed by atoms with van der Waals surface area (Å²) in [5.41, 5.74) is 1.66. The molecule has 0 aliphatic rings. The van der Waals surface area contributed by atoms with Gasteiger partial charge in [-0.2, -0.15) is 0 Å². The maximum absolute atomic E-state index is 11.0. The van der Waals surface area contributed by atoms with Crippen molar-refractivity contribution in [3.8, 4) is 0 Å². The van der Waals surface area contributed by atoms with Gasteiger partial charge in [0.25, 0.3) is 0 Å². The van der Waals surface area contributed by atoms with Gasteiger partial charge in [-0.15, -0.1) is 0 Å². The Kier molecular flexibility index (Phi) is 2.43. The van der Waals surface area contributed by atoms with Gasteiger partial charge in [0.15, 0.2) is 5.78 Å². The lowest BCUT2D eigenvalue weighted by Crippen LogP contribution is -2.40. The standard InChI is InChI=1S/C9H12NO2/c1-7-6-10(12-3)5-4-9(7)8(2)11/h4-6H,1-3H3/q+1. The summed E-state index contributed by atoms with van der Waals surface area (Å²) in [7, 11) is 1.58. The zero-order chi connectivity index (χ0) is 9.14. The Morgan fingerprint density at radius 1 is 1.58 bits per heavy atom. The average molecular weight is 166 g/mol. The second-order valence-electron chi connectivity index (χ2n) is 2.64. The van der Waals surface area contributed by atoms with Crippen molar-refractivity contribution in [2.45, 2.75) is 13.8 Å². The van der Waals surface area contributed by atoms with Crippen LogP contribution in [-0.2, 0) is 0 Å². The minimum Gasteiger partial charge on any atom is -0.294 e. The van der Waals surface area contributed by atoms with Gasteiger partial charge in [-0.3, -0.25) is 9.63 Å². The number of Topliss-reactive ketones (excluding diaryl/α,β-unsaturated/α-hetero) is 1. The van der Waals surface area contributed by atoms with Crippen LogP contribution < -0.4 is 9.57 Å². The Morgan fingerprint density at radius 2 is 2.25 bits per heavy atom. The smallest absolute Gasteiger partial charge is 0.226 e. The van der Waals surface area contributed by atoms with Crippen molar-refractivity contribution in [1.29, 1.82) is 0 Å². The summed E-state index contributed by atoms with van der Waals surface area (Å²) in [5.74, 6) is 0.0794. The van der Waals surface area contributed by atoms with Crippen molar-refractivity contribution in [3.05, 3.63) is 29.6 Å². The molecule has 0 radical (unpaired) electrons. The van der Waals surface area contributed by atoms with Crippen LogP contribution in [0.5, 0.6) is 0 Å². The second-order valence-corrected chi connectivity index (χ2v) is 2.64. The van der Waals surface area contributed by atoms with Gasteiger partial charge in [-0.1, -0.05) is 0 Å². The molecule has 1 heterocycles. The molecule has 0 spiro atoms. The molecule has 1 aromatic heterocycles. The van der Waals surface area contributed by atoms with Crippen LogP contribution in [0.15, 0.2) is 18.5 Å². The summed E-state index contributed by atoms with van der Waals surface area (Å²) in [5, 5.41) is 0. The van der Waals surface area contributed by atoms with Crippen molar-refractivity contribution in [1.82, 2.24) is 0 Å². The number of ketones is 1. The lowest BCUT2D eigenvalue weighted by atomic mass is 10.1. The maximum atomic E-state index is 11.0. The van der Waals surface area contributed by atoms with Crippen LogP contribution in [0.1, 0.15) is 22.8 Å². The molecule has 1 rings (SSSR count). The molecule has 0 aliphatic heterocycles. The van der Waals surface area contributed by atoms with E-state index in [0.717, 1.165) is 11.1 Å². The molecule has 3 heteroatoms. The van der Waals surface area contributed by atoms with Crippen LogP contribution in [0.3, 0.4) is 0 Å². The van der Waals surface area contributed by atoms with Crippen LogP contribution >= 0.6 is 0 Å². The molecule has 12 heavy (non-hydrogen) atoms. The van der Waals surface area contributed by atoms with Crippen LogP contribution in [0.25, 0.3) is 0 Å². The SMILES string of the molecule is CO[n+]1ccc(C(C)=O)c(C)c1. The molecule has 64 valence electrons. The molecule has 0 amide bonds. The van der Waals surface area contributed by atoms with E-state index in [1.54, 1.807) is 37.2 Å². The number of carbonyl (C=O) groups excluding carboxylic acids is 1. The lowest BCUT2D eigenvalue weighted by Gasteiger charge is -1.97. The molecule has 0 saturated carbocycles. The van der Waals surface area contributed by atoms with Crippen molar-refractivity contribution >= 4 is 5.78 Å². The van der Waals surface area contributed by atoms with E-state index in [1.165, 1.54) is 0 Å². The van der Waals surface area contributed by atoms with Crippen molar-refractivity contribution in [2.24, 2.45) is 0 Å². The summed E-state index contributed by atoms with van der Waals surface area (Å²) >= 11 is 0. The molecule has 0 aliphatic carbocycles. The van der Waals surface area contributed by atoms with E-state index in [-0.39, 0.29) is 5.78 Å². The van der Waals surface area contributed by atoms with E-state index < -0.39 is 0 Å². The van der Waals surface area contributed by atoms with Crippen LogP contribution in [0.4, 0.5) is 0 Å². The predicted molar refractivity (Wildman–Crippen MR) is 43.9 cm³/mol. The summed E-state index contributed by atoms with van der Waals surface area (Å²) in [6, 6.07) is 1.75. The third-order valence-corrected chi connectivity index (χ3v) is 1.72. The highest BCUT2D eigenvalue weighted by Crippen LogP contribution is 2.03. The molecule has 0 saturated heterocycles. The Morgan fingerprint density at radius 3 is 2.67 bits per heavy atom. The summed E-state index contributed by atoms with van der Waals surface area (Å²) in [6.45, 7) is 3.44. The molecule has 0 fully saturated rings. The Labute approximate surface area is 71.5 Å². The van der Waals surface area contributed by atoms with Gasteiger partial charge >= 0.3 is 0 Å². The Balaban J connectivity index is 3.12. The van der Waals surface area contributed by atoms with Crippen molar-refractivity contribution in [3.63, 3.8) is 0 Å². The third kappa shape index (κ3) is 1.61. The van der Waals surface area contributed by atoms with Gasteiger partial charge in [0.05, 0.1) is 0 Å². The summed E-state index contributed by atoms with van der Waals surface area (Å²) in [6.07, 6.45) is 3.49. The highest BCUT2D eigenvalue weighted by Gasteiger charge is 2.08. The van der Waals surface area contributed by atoms with E-state index in [0.29, 0.717) is 0 Å². The molecule has 3 nitrogen and oxygen atoms in total. The fourth-order valence-electron chi connectivity index (χ4n) is 1.09. The minimum atomic E-state index is 0.0794. The normalized spacial score (nSPS) is 9.58. The zero-order valence-corrected chi connectivity index (χ0v) is 7.50. The number of nitrogens with zero attached hydrogens (tertiary/aromatic N) is 1. The number of hydrogen-bond donors (Lipinski definition) is 0. The number of aryl methyl sites for hydroxylation is 1. The van der Waals surface area contributed by atoms with E-state index in [1.807, 2.05) is 6.92 Å². The highest BCUT2D eigenvalue weighted by molar-refractivity contribution is 5.95. The average Bonchev–Trinajstić information content (AvgIpc) is 2.03. The van der Waals surface area contributed by atoms with Crippen LogP contribution in [-0.4, -0.2) is 12.9 Å². The van der Waals surface area contributed by atoms with Crippen LogP contribution in [0.2, 0.25) is 0 Å². The molecular formula is C9H12NO2+. The first-order valence-corrected chi connectivity index (χ1v) is 3.72. The van der Waals surface area contributed by atoms with Gasteiger partial charge in [-0.25, -0.2) is 0 Å². The molecule has 0 aromatic carbocycles. The number of rotatable bonds is 2. The Hall–Kier alpha value is -1.38. The number of carbonyl (C=O) groups is 1. The van der Waals surface area contributed by atoms with Gasteiger partial charge in [0.1, 0.15) is 7.11 Å². The largest absolute Gasteiger partial charge is 0.294 e. The predicted octanol–water partition coefficient (Wildman–Crippen LogP) is 0.544. The molecule has 0 bridgehead atoms. The fourth-order valence-corrected chi connectivity index (χ4v) is 1.09. The molecule has 0 N–H and O–H groups in total. The Bertz CT molecular complexity index is 307.